The van der Waals surface area contributed by atoms with Gasteiger partial charge in [-0.05, 0) is 68.5 Å². The maximum atomic E-state index is 14.4. The summed E-state index contributed by atoms with van der Waals surface area (Å²) in [5.41, 5.74) is -2.85. The van der Waals surface area contributed by atoms with Crippen molar-refractivity contribution < 1.29 is 34.8 Å². The molecule has 4 atom stereocenters. The number of sulfone groups is 1. The van der Waals surface area contributed by atoms with Gasteiger partial charge in [-0.25, -0.2) is 8.42 Å². The van der Waals surface area contributed by atoms with Crippen LogP contribution in [-0.4, -0.2) is 44.6 Å². The van der Waals surface area contributed by atoms with Gasteiger partial charge in [0.25, 0.3) is 0 Å². The van der Waals surface area contributed by atoms with Crippen molar-refractivity contribution in [1.82, 2.24) is 15.5 Å². The Hall–Kier alpha value is -3.16. The van der Waals surface area contributed by atoms with Crippen LogP contribution in [0.4, 0.5) is 26.3 Å². The monoisotopic (exact) mass is 657 g/mol. The second-order valence-electron chi connectivity index (χ2n) is 11.0. The molecule has 0 saturated heterocycles. The summed E-state index contributed by atoms with van der Waals surface area (Å²) in [6, 6.07) is 15.3. The van der Waals surface area contributed by atoms with Crippen molar-refractivity contribution in [2.45, 2.75) is 66.3 Å². The summed E-state index contributed by atoms with van der Waals surface area (Å²) in [5.74, 6) is 0. The molecule has 0 spiro atoms. The molecule has 13 heteroatoms. The SMILES string of the molecule is CN(C)[C@@H]1CCCC[C@H]1NC(=S)N[C@H](c1ccccc1)[C@@H](c1ccccc1)S(=O)(=O)c1cc(C(F)(F)F)cc(C(F)(F)F)c1. The molecule has 1 aliphatic carbocycles. The van der Waals surface area contributed by atoms with E-state index in [-0.39, 0.29) is 41.0 Å². The Balaban J connectivity index is 1.85. The molecule has 238 valence electrons. The van der Waals surface area contributed by atoms with Crippen LogP contribution in [0.25, 0.3) is 0 Å². The Kier molecular flexibility index (Phi) is 10.3. The summed E-state index contributed by atoms with van der Waals surface area (Å²) in [7, 11) is -1.02. The van der Waals surface area contributed by atoms with Crippen LogP contribution < -0.4 is 10.6 Å². The molecular formula is C31H33F6N3O2S2. The summed E-state index contributed by atoms with van der Waals surface area (Å²) < 4.78 is 111. The average Bonchev–Trinajstić information content (AvgIpc) is 2.96. The van der Waals surface area contributed by atoms with Gasteiger partial charge in [0.15, 0.2) is 14.9 Å². The van der Waals surface area contributed by atoms with E-state index in [9.17, 15) is 34.8 Å². The smallest absolute Gasteiger partial charge is 0.358 e. The first-order valence-corrected chi connectivity index (χ1v) is 15.9. The van der Waals surface area contributed by atoms with Gasteiger partial charge in [0.05, 0.1) is 22.1 Å². The lowest BCUT2D eigenvalue weighted by molar-refractivity contribution is -0.143. The standard InChI is InChI=1S/C31H33F6N3O2S2/c1-40(2)26-16-10-9-15-25(26)38-29(43)39-27(20-11-5-3-6-12-20)28(21-13-7-4-8-14-21)44(41,42)24-18-22(30(32,33)34)17-23(19-24)31(35,36)37/h3-8,11-14,17-19,25-28H,9-10,15-16H2,1-2H3,(H2,38,39,43)/t25-,26-,27-,28-/m1/s1. The number of likely N-dealkylation sites (N-methyl/N-ethyl adjacent to an activating group) is 1. The predicted octanol–water partition coefficient (Wildman–Crippen LogP) is 7.32. The van der Waals surface area contributed by atoms with Crippen LogP contribution in [0.2, 0.25) is 0 Å². The van der Waals surface area contributed by atoms with E-state index < -0.39 is 49.5 Å². The molecule has 2 N–H and O–H groups in total. The van der Waals surface area contributed by atoms with Crippen molar-refractivity contribution in [2.24, 2.45) is 0 Å². The van der Waals surface area contributed by atoms with Crippen LogP contribution >= 0.6 is 12.2 Å². The molecule has 5 nitrogen and oxygen atoms in total. The summed E-state index contributed by atoms with van der Waals surface area (Å²) in [4.78, 5) is 0.979. The third kappa shape index (κ3) is 7.91. The van der Waals surface area contributed by atoms with E-state index in [1.165, 1.54) is 12.1 Å². The third-order valence-corrected chi connectivity index (χ3v) is 10.2. The van der Waals surface area contributed by atoms with Crippen LogP contribution in [0.3, 0.4) is 0 Å². The van der Waals surface area contributed by atoms with Crippen molar-refractivity contribution in [2.75, 3.05) is 14.1 Å². The normalized spacial score (nSPS) is 19.3. The fourth-order valence-electron chi connectivity index (χ4n) is 5.67. The average molecular weight is 658 g/mol. The number of benzene rings is 3. The van der Waals surface area contributed by atoms with Gasteiger partial charge < -0.3 is 15.5 Å². The molecule has 4 rings (SSSR count). The third-order valence-electron chi connectivity index (χ3n) is 7.81. The van der Waals surface area contributed by atoms with Gasteiger partial charge in [-0.3, -0.25) is 0 Å². The molecule has 0 aromatic heterocycles. The van der Waals surface area contributed by atoms with Gasteiger partial charge >= 0.3 is 12.4 Å². The quantitative estimate of drug-likeness (QED) is 0.196. The number of nitrogens with zero attached hydrogens (tertiary/aromatic N) is 1. The molecule has 0 aliphatic heterocycles. The zero-order chi connectivity index (χ0) is 32.3. The van der Waals surface area contributed by atoms with E-state index in [4.69, 9.17) is 12.2 Å². The van der Waals surface area contributed by atoms with E-state index in [1.54, 1.807) is 48.5 Å². The highest BCUT2D eigenvalue weighted by atomic mass is 32.2. The highest BCUT2D eigenvalue weighted by Gasteiger charge is 2.42. The highest BCUT2D eigenvalue weighted by molar-refractivity contribution is 7.91. The topological polar surface area (TPSA) is 61.4 Å². The van der Waals surface area contributed by atoms with Gasteiger partial charge in [0, 0.05) is 12.1 Å². The molecule has 1 saturated carbocycles. The molecule has 0 heterocycles. The number of nitrogens with one attached hydrogen (secondary N) is 2. The van der Waals surface area contributed by atoms with Crippen molar-refractivity contribution in [1.29, 1.82) is 0 Å². The molecule has 0 amide bonds. The fourth-order valence-corrected chi connectivity index (χ4v) is 7.93. The van der Waals surface area contributed by atoms with E-state index in [2.05, 4.69) is 15.5 Å². The summed E-state index contributed by atoms with van der Waals surface area (Å²) in [5, 5.41) is 4.83. The minimum Gasteiger partial charge on any atom is -0.358 e. The van der Waals surface area contributed by atoms with Crippen molar-refractivity contribution in [3.8, 4) is 0 Å². The Morgan fingerprint density at radius 2 is 1.32 bits per heavy atom. The second kappa shape index (κ2) is 13.5. The molecule has 0 unspecified atom stereocenters. The maximum Gasteiger partial charge on any atom is 0.416 e. The Bertz CT molecular complexity index is 1500. The van der Waals surface area contributed by atoms with Crippen LogP contribution in [0.15, 0.2) is 83.8 Å². The molecule has 1 aliphatic rings. The lowest BCUT2D eigenvalue weighted by Gasteiger charge is -2.38. The molecule has 3 aromatic carbocycles. The lowest BCUT2D eigenvalue weighted by Crippen LogP contribution is -2.54. The second-order valence-corrected chi connectivity index (χ2v) is 13.5. The number of thiocarbonyl (C=S) groups is 1. The van der Waals surface area contributed by atoms with E-state index in [0.29, 0.717) is 5.56 Å². The number of hydrogen-bond acceptors (Lipinski definition) is 4. The minimum absolute atomic E-state index is 0.0558. The van der Waals surface area contributed by atoms with Crippen molar-refractivity contribution in [3.05, 3.63) is 101 Å². The van der Waals surface area contributed by atoms with Crippen LogP contribution in [0.5, 0.6) is 0 Å². The molecular weight excluding hydrogens is 624 g/mol. The lowest BCUT2D eigenvalue weighted by atomic mass is 9.89. The van der Waals surface area contributed by atoms with Crippen LogP contribution in [-0.2, 0) is 22.2 Å². The molecule has 0 radical (unpaired) electrons. The molecule has 44 heavy (non-hydrogen) atoms. The summed E-state index contributed by atoms with van der Waals surface area (Å²) >= 11 is 5.67. The van der Waals surface area contributed by atoms with Gasteiger partial charge in [-0.15, -0.1) is 0 Å². The zero-order valence-electron chi connectivity index (χ0n) is 24.0. The first kappa shape index (κ1) is 33.7. The number of hydrogen-bond donors (Lipinski definition) is 2. The van der Waals surface area contributed by atoms with Crippen molar-refractivity contribution >= 4 is 27.2 Å². The molecule has 1 fully saturated rings. The summed E-state index contributed by atoms with van der Waals surface area (Å²) in [6.45, 7) is 0. The predicted molar refractivity (Wildman–Crippen MR) is 161 cm³/mol. The van der Waals surface area contributed by atoms with Crippen LogP contribution in [0.1, 0.15) is 59.2 Å². The van der Waals surface area contributed by atoms with Gasteiger partial charge in [-0.2, -0.15) is 26.3 Å². The van der Waals surface area contributed by atoms with E-state index >= 15 is 0 Å². The largest absolute Gasteiger partial charge is 0.416 e. The summed E-state index contributed by atoms with van der Waals surface area (Å²) in [6.07, 6.45) is -6.71. The molecule has 3 aromatic rings. The molecule has 0 bridgehead atoms. The maximum absolute atomic E-state index is 14.4. The van der Waals surface area contributed by atoms with E-state index in [0.717, 1.165) is 25.7 Å². The van der Waals surface area contributed by atoms with Crippen molar-refractivity contribution in [3.63, 3.8) is 0 Å². The zero-order valence-corrected chi connectivity index (χ0v) is 25.6. The fraction of sp³-hybridized carbons (Fsp3) is 0.387. The first-order valence-electron chi connectivity index (χ1n) is 14.0. The van der Waals surface area contributed by atoms with Gasteiger partial charge in [0.1, 0.15) is 5.25 Å². The van der Waals surface area contributed by atoms with Gasteiger partial charge in [0.2, 0.25) is 0 Å². The van der Waals surface area contributed by atoms with E-state index in [1.807, 2.05) is 14.1 Å². The van der Waals surface area contributed by atoms with Crippen LogP contribution in [0, 0.1) is 0 Å². The number of rotatable bonds is 8. The first-order chi connectivity index (χ1) is 20.6. The number of alkyl halides is 6. The minimum atomic E-state index is -5.22. The Labute approximate surface area is 258 Å². The van der Waals surface area contributed by atoms with Gasteiger partial charge in [-0.1, -0.05) is 73.5 Å². The number of halogens is 6. The highest BCUT2D eigenvalue weighted by Crippen LogP contribution is 2.43. The Morgan fingerprint density at radius 3 is 1.82 bits per heavy atom. The Morgan fingerprint density at radius 1 is 0.818 bits per heavy atom.